The molecule has 1 aliphatic heterocycles. The molecule has 23 heavy (non-hydrogen) atoms. The first-order chi connectivity index (χ1) is 11.0. The number of ether oxygens (including phenoxy) is 1. The van der Waals surface area contributed by atoms with Crippen LogP contribution in [-0.4, -0.2) is 65.6 Å². The zero-order valence-corrected chi connectivity index (χ0v) is 14.0. The summed E-state index contributed by atoms with van der Waals surface area (Å²) < 4.78 is 4.98. The lowest BCUT2D eigenvalue weighted by Crippen LogP contribution is -2.54. The van der Waals surface area contributed by atoms with Gasteiger partial charge in [-0.05, 0) is 26.0 Å². The predicted molar refractivity (Wildman–Crippen MR) is 87.5 cm³/mol. The minimum absolute atomic E-state index is 0.135. The quantitative estimate of drug-likeness (QED) is 0.905. The Labute approximate surface area is 140 Å². The van der Waals surface area contributed by atoms with E-state index < -0.39 is 0 Å². The number of halogens is 1. The fourth-order valence-corrected chi connectivity index (χ4v) is 2.46. The molecule has 1 atom stereocenters. The monoisotopic (exact) mass is 340 g/mol. The Kier molecular flexibility index (Phi) is 6.18. The molecule has 8 heteroatoms. The Morgan fingerprint density at radius 2 is 2.04 bits per heavy atom. The number of carbonyl (C=O) groups excluding carboxylic acids is 2. The van der Waals surface area contributed by atoms with E-state index in [1.54, 1.807) is 24.0 Å². The SMILES string of the molecule is CCOC(=O)N1CCN(C(C)C(=O)Nc2ccc(Cl)cn2)CC1. The topological polar surface area (TPSA) is 74.8 Å². The largest absolute Gasteiger partial charge is 0.450 e. The van der Waals surface area contributed by atoms with Crippen LogP contribution in [0.2, 0.25) is 5.02 Å². The molecule has 2 amide bonds. The van der Waals surface area contributed by atoms with E-state index in [1.807, 2.05) is 11.8 Å². The molecule has 126 valence electrons. The number of hydrogen-bond acceptors (Lipinski definition) is 5. The second kappa shape index (κ2) is 8.12. The van der Waals surface area contributed by atoms with Crippen LogP contribution in [0, 0.1) is 0 Å². The van der Waals surface area contributed by atoms with Gasteiger partial charge >= 0.3 is 6.09 Å². The molecule has 1 aromatic heterocycles. The molecule has 2 rings (SSSR count). The lowest BCUT2D eigenvalue weighted by atomic mass is 10.2. The van der Waals surface area contributed by atoms with Gasteiger partial charge in [0.05, 0.1) is 17.7 Å². The molecule has 0 bridgehead atoms. The van der Waals surface area contributed by atoms with Gasteiger partial charge in [0.1, 0.15) is 5.82 Å². The van der Waals surface area contributed by atoms with Crippen LogP contribution >= 0.6 is 11.6 Å². The van der Waals surface area contributed by atoms with Crippen LogP contribution in [0.15, 0.2) is 18.3 Å². The van der Waals surface area contributed by atoms with Gasteiger partial charge < -0.3 is 15.0 Å². The molecule has 0 spiro atoms. The number of piperazine rings is 1. The van der Waals surface area contributed by atoms with Crippen molar-refractivity contribution in [2.75, 3.05) is 38.1 Å². The molecule has 1 aliphatic rings. The maximum absolute atomic E-state index is 12.3. The van der Waals surface area contributed by atoms with Crippen LogP contribution in [0.5, 0.6) is 0 Å². The van der Waals surface area contributed by atoms with E-state index in [-0.39, 0.29) is 18.0 Å². The number of pyridine rings is 1. The Balaban J connectivity index is 1.84. The van der Waals surface area contributed by atoms with Gasteiger partial charge in [0.2, 0.25) is 5.91 Å². The third-order valence-corrected chi connectivity index (χ3v) is 3.97. The number of carbonyl (C=O) groups is 2. The fourth-order valence-electron chi connectivity index (χ4n) is 2.35. The normalized spacial score (nSPS) is 16.7. The Hall–Kier alpha value is -1.86. The van der Waals surface area contributed by atoms with Gasteiger partial charge in [0, 0.05) is 32.4 Å². The average molecular weight is 341 g/mol. The summed E-state index contributed by atoms with van der Waals surface area (Å²) in [6, 6.07) is 3.02. The molecular formula is C15H21ClN4O3. The summed E-state index contributed by atoms with van der Waals surface area (Å²) in [6.45, 7) is 6.34. The summed E-state index contributed by atoms with van der Waals surface area (Å²) in [7, 11) is 0. The van der Waals surface area contributed by atoms with Crippen molar-refractivity contribution in [1.82, 2.24) is 14.8 Å². The summed E-state index contributed by atoms with van der Waals surface area (Å²) in [6.07, 6.45) is 1.19. The van der Waals surface area contributed by atoms with Crippen molar-refractivity contribution in [2.45, 2.75) is 19.9 Å². The number of hydrogen-bond donors (Lipinski definition) is 1. The molecule has 2 heterocycles. The molecule has 1 saturated heterocycles. The molecule has 0 saturated carbocycles. The standard InChI is InChI=1S/C15H21ClN4O3/c1-3-23-15(22)20-8-6-19(7-9-20)11(2)14(21)18-13-5-4-12(16)10-17-13/h4-5,10-11H,3,6-9H2,1-2H3,(H,17,18,21). The Morgan fingerprint density at radius 3 is 2.61 bits per heavy atom. The van der Waals surface area contributed by atoms with Crippen LogP contribution in [0.3, 0.4) is 0 Å². The molecule has 0 aromatic carbocycles. The van der Waals surface area contributed by atoms with Gasteiger partial charge in [-0.1, -0.05) is 11.6 Å². The molecular weight excluding hydrogens is 320 g/mol. The van der Waals surface area contributed by atoms with E-state index >= 15 is 0 Å². The number of anilines is 1. The molecule has 0 aliphatic carbocycles. The average Bonchev–Trinajstić information content (AvgIpc) is 2.56. The second-order valence-electron chi connectivity index (χ2n) is 5.25. The fraction of sp³-hybridized carbons (Fsp3) is 0.533. The molecule has 7 nitrogen and oxygen atoms in total. The van der Waals surface area contributed by atoms with Crippen LogP contribution in [0.4, 0.5) is 10.6 Å². The molecule has 1 fully saturated rings. The van der Waals surface area contributed by atoms with Crippen molar-refractivity contribution in [1.29, 1.82) is 0 Å². The Morgan fingerprint density at radius 1 is 1.35 bits per heavy atom. The maximum Gasteiger partial charge on any atom is 0.409 e. The predicted octanol–water partition coefficient (Wildman–Crippen LogP) is 1.84. The van der Waals surface area contributed by atoms with Crippen LogP contribution in [-0.2, 0) is 9.53 Å². The minimum Gasteiger partial charge on any atom is -0.450 e. The zero-order chi connectivity index (χ0) is 16.8. The second-order valence-corrected chi connectivity index (χ2v) is 5.69. The number of nitrogens with zero attached hydrogens (tertiary/aromatic N) is 3. The minimum atomic E-state index is -0.308. The van der Waals surface area contributed by atoms with Crippen LogP contribution in [0.25, 0.3) is 0 Å². The van der Waals surface area contributed by atoms with E-state index in [4.69, 9.17) is 16.3 Å². The summed E-state index contributed by atoms with van der Waals surface area (Å²) in [5.74, 6) is 0.334. The van der Waals surface area contributed by atoms with Crippen molar-refractivity contribution in [3.05, 3.63) is 23.4 Å². The molecule has 1 N–H and O–H groups in total. The van der Waals surface area contributed by atoms with Gasteiger partial charge in [-0.25, -0.2) is 9.78 Å². The highest BCUT2D eigenvalue weighted by Crippen LogP contribution is 2.12. The highest BCUT2D eigenvalue weighted by molar-refractivity contribution is 6.30. The zero-order valence-electron chi connectivity index (χ0n) is 13.3. The Bertz CT molecular complexity index is 544. The lowest BCUT2D eigenvalue weighted by Gasteiger charge is -2.36. The van der Waals surface area contributed by atoms with Crippen molar-refractivity contribution in [3.63, 3.8) is 0 Å². The van der Waals surface area contributed by atoms with Gasteiger partial charge in [0.25, 0.3) is 0 Å². The van der Waals surface area contributed by atoms with Crippen molar-refractivity contribution in [3.8, 4) is 0 Å². The third kappa shape index (κ3) is 4.80. The highest BCUT2D eigenvalue weighted by atomic mass is 35.5. The maximum atomic E-state index is 12.3. The number of rotatable bonds is 4. The first kappa shape index (κ1) is 17.5. The van der Waals surface area contributed by atoms with E-state index in [1.165, 1.54) is 6.20 Å². The first-order valence-corrected chi connectivity index (χ1v) is 7.97. The molecule has 0 radical (unpaired) electrons. The summed E-state index contributed by atoms with van der Waals surface area (Å²) >= 11 is 5.77. The van der Waals surface area contributed by atoms with Crippen molar-refractivity contribution >= 4 is 29.4 Å². The summed E-state index contributed by atoms with van der Waals surface area (Å²) in [5, 5.41) is 3.28. The van der Waals surface area contributed by atoms with E-state index in [2.05, 4.69) is 10.3 Å². The highest BCUT2D eigenvalue weighted by Gasteiger charge is 2.28. The van der Waals surface area contributed by atoms with Gasteiger partial charge in [-0.3, -0.25) is 9.69 Å². The summed E-state index contributed by atoms with van der Waals surface area (Å²) in [5.41, 5.74) is 0. The van der Waals surface area contributed by atoms with Crippen LogP contribution < -0.4 is 5.32 Å². The first-order valence-electron chi connectivity index (χ1n) is 7.59. The molecule has 1 unspecified atom stereocenters. The van der Waals surface area contributed by atoms with Crippen molar-refractivity contribution < 1.29 is 14.3 Å². The van der Waals surface area contributed by atoms with Crippen LogP contribution in [0.1, 0.15) is 13.8 Å². The van der Waals surface area contributed by atoms with Crippen molar-refractivity contribution in [2.24, 2.45) is 0 Å². The van der Waals surface area contributed by atoms with Gasteiger partial charge in [-0.15, -0.1) is 0 Å². The van der Waals surface area contributed by atoms with E-state index in [0.29, 0.717) is 43.6 Å². The summed E-state index contributed by atoms with van der Waals surface area (Å²) in [4.78, 5) is 31.7. The number of amides is 2. The smallest absolute Gasteiger partial charge is 0.409 e. The van der Waals surface area contributed by atoms with E-state index in [0.717, 1.165) is 0 Å². The number of aromatic nitrogens is 1. The molecule has 1 aromatic rings. The van der Waals surface area contributed by atoms with Gasteiger partial charge in [-0.2, -0.15) is 0 Å². The lowest BCUT2D eigenvalue weighted by molar-refractivity contribution is -0.121. The third-order valence-electron chi connectivity index (χ3n) is 3.75. The number of nitrogens with one attached hydrogen (secondary N) is 1. The van der Waals surface area contributed by atoms with Gasteiger partial charge in [0.15, 0.2) is 0 Å². The van der Waals surface area contributed by atoms with E-state index in [9.17, 15) is 9.59 Å².